The molecule has 1 atom stereocenters. The molecular weight excluding hydrogens is 392 g/mol. The van der Waals surface area contributed by atoms with Crippen LogP contribution in [0.3, 0.4) is 0 Å². The van der Waals surface area contributed by atoms with Crippen LogP contribution < -0.4 is 14.8 Å². The Morgan fingerprint density at radius 1 is 1.00 bits per heavy atom. The number of carbonyl (C=O) groups excluding carboxylic acids is 2. The molecule has 6 nitrogen and oxygen atoms in total. The maximum Gasteiger partial charge on any atom is 0.242 e. The van der Waals surface area contributed by atoms with E-state index >= 15 is 0 Å². The van der Waals surface area contributed by atoms with Gasteiger partial charge in [0.05, 0.1) is 13.7 Å². The first-order valence-electron chi connectivity index (χ1n) is 10.6. The van der Waals surface area contributed by atoms with Gasteiger partial charge in [0.15, 0.2) is 0 Å². The second-order valence-corrected chi connectivity index (χ2v) is 8.55. The van der Waals surface area contributed by atoms with E-state index in [0.717, 1.165) is 17.1 Å². The highest BCUT2D eigenvalue weighted by molar-refractivity contribution is 5.87. The van der Waals surface area contributed by atoms with Gasteiger partial charge in [-0.2, -0.15) is 0 Å². The summed E-state index contributed by atoms with van der Waals surface area (Å²) in [7, 11) is 1.62. The maximum atomic E-state index is 13.0. The average Bonchev–Trinajstić information content (AvgIpc) is 2.74. The van der Waals surface area contributed by atoms with Gasteiger partial charge in [-0.25, -0.2) is 0 Å². The molecule has 0 aliphatic heterocycles. The molecule has 0 aliphatic rings. The van der Waals surface area contributed by atoms with Gasteiger partial charge in [0.1, 0.15) is 17.5 Å². The van der Waals surface area contributed by atoms with Crippen LogP contribution in [0.25, 0.3) is 0 Å². The Balaban J connectivity index is 1.97. The smallest absolute Gasteiger partial charge is 0.242 e. The molecule has 2 aromatic rings. The van der Waals surface area contributed by atoms with Gasteiger partial charge in [-0.05, 0) is 63.9 Å². The van der Waals surface area contributed by atoms with Crippen LogP contribution in [0.5, 0.6) is 11.5 Å². The standard InChI is InChI=1S/C25H34N2O4/c1-19(24(29)26-25(2,3)4)27(18-20-10-7-6-8-11-20)23(28)12-9-17-31-22-15-13-21(30-5)14-16-22/h6-8,10-11,13-16,19H,9,12,17-18H2,1-5H3,(H,26,29)/t19-/m0/s1. The summed E-state index contributed by atoms with van der Waals surface area (Å²) in [5.41, 5.74) is 0.625. The highest BCUT2D eigenvalue weighted by Crippen LogP contribution is 2.18. The Kier molecular flexibility index (Phi) is 8.91. The van der Waals surface area contributed by atoms with Crippen molar-refractivity contribution in [3.8, 4) is 11.5 Å². The monoisotopic (exact) mass is 426 g/mol. The second-order valence-electron chi connectivity index (χ2n) is 8.55. The number of rotatable bonds is 10. The predicted molar refractivity (Wildman–Crippen MR) is 122 cm³/mol. The largest absolute Gasteiger partial charge is 0.497 e. The summed E-state index contributed by atoms with van der Waals surface area (Å²) < 4.78 is 10.9. The summed E-state index contributed by atoms with van der Waals surface area (Å²) in [6, 6.07) is 16.5. The molecule has 0 bridgehead atoms. The molecule has 0 radical (unpaired) electrons. The molecule has 1 N–H and O–H groups in total. The molecule has 2 aromatic carbocycles. The zero-order chi connectivity index (χ0) is 22.9. The lowest BCUT2D eigenvalue weighted by Gasteiger charge is -2.31. The van der Waals surface area contributed by atoms with Crippen molar-refractivity contribution in [1.29, 1.82) is 0 Å². The molecule has 0 saturated heterocycles. The lowest BCUT2D eigenvalue weighted by molar-refractivity contribution is -0.141. The number of nitrogens with one attached hydrogen (secondary N) is 1. The van der Waals surface area contributed by atoms with E-state index in [1.165, 1.54) is 0 Å². The molecule has 2 rings (SSSR count). The van der Waals surface area contributed by atoms with E-state index in [2.05, 4.69) is 5.32 Å². The maximum absolute atomic E-state index is 13.0. The van der Waals surface area contributed by atoms with Crippen LogP contribution in [-0.2, 0) is 16.1 Å². The Morgan fingerprint density at radius 3 is 2.19 bits per heavy atom. The number of benzene rings is 2. The molecule has 31 heavy (non-hydrogen) atoms. The zero-order valence-electron chi connectivity index (χ0n) is 19.2. The van der Waals surface area contributed by atoms with Gasteiger partial charge in [-0.1, -0.05) is 30.3 Å². The van der Waals surface area contributed by atoms with Gasteiger partial charge >= 0.3 is 0 Å². The molecular formula is C25H34N2O4. The predicted octanol–water partition coefficient (Wildman–Crippen LogP) is 4.19. The normalized spacial score (nSPS) is 12.0. The number of hydrogen-bond donors (Lipinski definition) is 1. The van der Waals surface area contributed by atoms with Crippen molar-refractivity contribution in [3.05, 3.63) is 60.2 Å². The lowest BCUT2D eigenvalue weighted by Crippen LogP contribution is -2.52. The van der Waals surface area contributed by atoms with Crippen molar-refractivity contribution in [2.75, 3.05) is 13.7 Å². The Labute approximate surface area is 185 Å². The molecule has 0 spiro atoms. The van der Waals surface area contributed by atoms with Gasteiger partial charge in [-0.3, -0.25) is 9.59 Å². The summed E-state index contributed by atoms with van der Waals surface area (Å²) in [5.74, 6) is 1.26. The Hall–Kier alpha value is -3.02. The summed E-state index contributed by atoms with van der Waals surface area (Å²) in [4.78, 5) is 27.4. The fourth-order valence-corrected chi connectivity index (χ4v) is 3.07. The van der Waals surface area contributed by atoms with Gasteiger partial charge < -0.3 is 19.7 Å². The average molecular weight is 427 g/mol. The van der Waals surface area contributed by atoms with E-state index < -0.39 is 6.04 Å². The van der Waals surface area contributed by atoms with Crippen LogP contribution in [0.1, 0.15) is 46.1 Å². The van der Waals surface area contributed by atoms with E-state index in [1.807, 2.05) is 75.4 Å². The SMILES string of the molecule is COc1ccc(OCCCC(=O)N(Cc2ccccc2)[C@@H](C)C(=O)NC(C)(C)C)cc1. The lowest BCUT2D eigenvalue weighted by atomic mass is 10.1. The minimum atomic E-state index is -0.575. The van der Waals surface area contributed by atoms with Crippen LogP contribution in [0, 0.1) is 0 Å². The first-order valence-corrected chi connectivity index (χ1v) is 10.6. The van der Waals surface area contributed by atoms with Crippen LogP contribution in [0.4, 0.5) is 0 Å². The summed E-state index contributed by atoms with van der Waals surface area (Å²) in [6.07, 6.45) is 0.861. The second kappa shape index (κ2) is 11.4. The highest BCUT2D eigenvalue weighted by Gasteiger charge is 2.28. The molecule has 2 amide bonds. The van der Waals surface area contributed by atoms with Gasteiger partial charge in [0, 0.05) is 18.5 Å². The fraction of sp³-hybridized carbons (Fsp3) is 0.440. The van der Waals surface area contributed by atoms with Crippen molar-refractivity contribution in [3.63, 3.8) is 0 Å². The minimum absolute atomic E-state index is 0.0706. The zero-order valence-corrected chi connectivity index (χ0v) is 19.2. The van der Waals surface area contributed by atoms with Crippen LogP contribution in [0.2, 0.25) is 0 Å². The van der Waals surface area contributed by atoms with Crippen LogP contribution in [0.15, 0.2) is 54.6 Å². The molecule has 0 aromatic heterocycles. The van der Waals surface area contributed by atoms with Crippen molar-refractivity contribution >= 4 is 11.8 Å². The highest BCUT2D eigenvalue weighted by atomic mass is 16.5. The van der Waals surface area contributed by atoms with Crippen molar-refractivity contribution in [2.24, 2.45) is 0 Å². The van der Waals surface area contributed by atoms with Crippen molar-refractivity contribution in [1.82, 2.24) is 10.2 Å². The van der Waals surface area contributed by atoms with Crippen LogP contribution >= 0.6 is 0 Å². The Morgan fingerprint density at radius 2 is 1.61 bits per heavy atom. The summed E-state index contributed by atoms with van der Waals surface area (Å²) in [6.45, 7) is 8.36. The minimum Gasteiger partial charge on any atom is -0.497 e. The van der Waals surface area contributed by atoms with E-state index in [9.17, 15) is 9.59 Å². The summed E-state index contributed by atoms with van der Waals surface area (Å²) in [5, 5.41) is 2.97. The van der Waals surface area contributed by atoms with Crippen LogP contribution in [-0.4, -0.2) is 42.0 Å². The number of amides is 2. The number of nitrogens with zero attached hydrogens (tertiary/aromatic N) is 1. The molecule has 0 aliphatic carbocycles. The van der Waals surface area contributed by atoms with E-state index in [4.69, 9.17) is 9.47 Å². The number of carbonyl (C=O) groups is 2. The quantitative estimate of drug-likeness (QED) is 0.579. The van der Waals surface area contributed by atoms with Gasteiger partial charge in [0.25, 0.3) is 0 Å². The van der Waals surface area contributed by atoms with E-state index in [1.54, 1.807) is 18.9 Å². The third-order valence-electron chi connectivity index (χ3n) is 4.72. The third kappa shape index (κ3) is 8.32. The number of ether oxygens (including phenoxy) is 2. The van der Waals surface area contributed by atoms with E-state index in [-0.39, 0.29) is 17.4 Å². The van der Waals surface area contributed by atoms with E-state index in [0.29, 0.717) is 26.0 Å². The molecule has 0 unspecified atom stereocenters. The van der Waals surface area contributed by atoms with Crippen molar-refractivity contribution < 1.29 is 19.1 Å². The number of methoxy groups -OCH3 is 1. The first-order chi connectivity index (χ1) is 14.7. The molecule has 0 fully saturated rings. The molecule has 168 valence electrons. The number of hydrogen-bond acceptors (Lipinski definition) is 4. The topological polar surface area (TPSA) is 67.9 Å². The fourth-order valence-electron chi connectivity index (χ4n) is 3.07. The first kappa shape index (κ1) is 24.3. The van der Waals surface area contributed by atoms with Crippen molar-refractivity contribution in [2.45, 2.75) is 58.7 Å². The molecule has 0 saturated carbocycles. The summed E-state index contributed by atoms with van der Waals surface area (Å²) >= 11 is 0. The third-order valence-corrected chi connectivity index (χ3v) is 4.72. The Bertz CT molecular complexity index is 829. The molecule has 0 heterocycles. The van der Waals surface area contributed by atoms with Gasteiger partial charge in [-0.15, -0.1) is 0 Å². The molecule has 6 heteroatoms. The van der Waals surface area contributed by atoms with Gasteiger partial charge in [0.2, 0.25) is 11.8 Å².